The zero-order valence-corrected chi connectivity index (χ0v) is 36.7. The summed E-state index contributed by atoms with van der Waals surface area (Å²) in [7, 11) is -2.98. The molecule has 0 unspecified atom stereocenters. The van der Waals surface area contributed by atoms with Crippen molar-refractivity contribution in [1.82, 2.24) is 10.2 Å². The zero-order valence-electron chi connectivity index (χ0n) is 35.8. The third-order valence-corrected chi connectivity index (χ3v) is 19.5. The molecule has 1 saturated heterocycles. The Kier molecular flexibility index (Phi) is 11.7. The van der Waals surface area contributed by atoms with E-state index in [9.17, 15) is 28.2 Å². The van der Waals surface area contributed by atoms with E-state index in [1.54, 1.807) is 0 Å². The van der Waals surface area contributed by atoms with Crippen LogP contribution in [0.15, 0.2) is 12.2 Å². The van der Waals surface area contributed by atoms with Gasteiger partial charge in [0.2, 0.25) is 0 Å². The van der Waals surface area contributed by atoms with Gasteiger partial charge < -0.3 is 20.3 Å². The number of allylic oxidation sites excluding steroid dienone is 1. The second-order valence-corrected chi connectivity index (χ2v) is 24.1. The number of carboxylic acids is 1. The van der Waals surface area contributed by atoms with E-state index in [0.717, 1.165) is 45.1 Å². The molecule has 1 aliphatic heterocycles. The van der Waals surface area contributed by atoms with Crippen molar-refractivity contribution in [3.05, 3.63) is 12.2 Å². The number of rotatable bonds is 12. The van der Waals surface area contributed by atoms with Gasteiger partial charge in [-0.25, -0.2) is 8.42 Å². The molecule has 0 aromatic carbocycles. The Morgan fingerprint density at radius 1 is 0.909 bits per heavy atom. The van der Waals surface area contributed by atoms with Crippen LogP contribution in [0.5, 0.6) is 0 Å². The lowest BCUT2D eigenvalue weighted by molar-refractivity contribution is -0.246. The molecule has 0 aromatic heterocycles. The number of ether oxygens (including phenoxy) is 1. The van der Waals surface area contributed by atoms with Crippen LogP contribution in [0.4, 0.5) is 0 Å². The van der Waals surface area contributed by atoms with Crippen molar-refractivity contribution >= 4 is 21.8 Å². The molecule has 6 aliphatic rings. The van der Waals surface area contributed by atoms with E-state index in [-0.39, 0.29) is 69.7 Å². The second-order valence-electron chi connectivity index (χ2n) is 21.8. The number of aliphatic carboxylic acids is 1. The van der Waals surface area contributed by atoms with Crippen LogP contribution in [0.3, 0.4) is 0 Å². The van der Waals surface area contributed by atoms with Crippen LogP contribution in [0, 0.1) is 56.7 Å². The molecule has 0 spiro atoms. The van der Waals surface area contributed by atoms with Gasteiger partial charge in [0.1, 0.15) is 6.10 Å². The number of hydrogen-bond acceptors (Lipinski definition) is 8. The van der Waals surface area contributed by atoms with Crippen molar-refractivity contribution in [2.75, 3.05) is 31.1 Å². The normalized spacial score (nSPS) is 42.1. The summed E-state index contributed by atoms with van der Waals surface area (Å²) >= 11 is 0. The predicted molar refractivity (Wildman–Crippen MR) is 218 cm³/mol. The van der Waals surface area contributed by atoms with E-state index < -0.39 is 27.3 Å². The predicted octanol–water partition coefficient (Wildman–Crippen LogP) is 7.66. The van der Waals surface area contributed by atoms with Crippen molar-refractivity contribution in [3.63, 3.8) is 0 Å². The molecule has 0 radical (unpaired) electrons. The van der Waals surface area contributed by atoms with Gasteiger partial charge in [-0.05, 0) is 142 Å². The Morgan fingerprint density at radius 2 is 1.58 bits per heavy atom. The third-order valence-electron chi connectivity index (χ3n) is 17.9. The Balaban J connectivity index is 1.19. The fraction of sp³-hybridized carbons (Fsp3) is 0.911. The van der Waals surface area contributed by atoms with Gasteiger partial charge in [-0.2, -0.15) is 0 Å². The highest BCUT2D eigenvalue weighted by Gasteiger charge is 2.71. The number of carbonyl (C=O) groups is 2. The van der Waals surface area contributed by atoms with E-state index in [1.807, 2.05) is 20.8 Å². The monoisotopic (exact) mass is 789 g/mol. The largest absolute Gasteiger partial charge is 0.481 e. The number of carbonyl (C=O) groups excluding carboxylic acids is 1. The molecule has 1 heterocycles. The molecule has 314 valence electrons. The summed E-state index contributed by atoms with van der Waals surface area (Å²) in [5.41, 5.74) is 1.09. The second kappa shape index (κ2) is 15.0. The number of aliphatic hydroxyl groups excluding tert-OH is 1. The number of hydrogen-bond donors (Lipinski definition) is 3. The zero-order chi connectivity index (χ0) is 40.6. The van der Waals surface area contributed by atoms with E-state index in [2.05, 4.69) is 58.3 Å². The number of fused-ring (bicyclic) bond motifs is 7. The van der Waals surface area contributed by atoms with Gasteiger partial charge in [-0.3, -0.25) is 14.5 Å². The summed E-state index contributed by atoms with van der Waals surface area (Å²) in [5, 5.41) is 24.4. The number of carboxylic acid groups (broad SMARTS) is 1. The summed E-state index contributed by atoms with van der Waals surface area (Å²) in [5.74, 6) is 1.84. The number of sulfone groups is 1. The molecule has 6 rings (SSSR count). The molecule has 9 nitrogen and oxygen atoms in total. The smallest absolute Gasteiger partial charge is 0.306 e. The van der Waals surface area contributed by atoms with Crippen LogP contribution in [0.25, 0.3) is 0 Å². The van der Waals surface area contributed by atoms with Gasteiger partial charge in [0, 0.05) is 30.1 Å². The summed E-state index contributed by atoms with van der Waals surface area (Å²) in [4.78, 5) is 26.9. The first-order valence-electron chi connectivity index (χ1n) is 21.9. The van der Waals surface area contributed by atoms with Crippen LogP contribution in [0.1, 0.15) is 146 Å². The summed E-state index contributed by atoms with van der Waals surface area (Å²) in [6.45, 7) is 26.7. The van der Waals surface area contributed by atoms with Crippen LogP contribution < -0.4 is 5.32 Å². The number of nitrogens with one attached hydrogen (secondary N) is 1. The lowest BCUT2D eigenvalue weighted by Gasteiger charge is -2.73. The average molecular weight is 789 g/mol. The first kappa shape index (κ1) is 43.1. The Hall–Kier alpha value is -1.49. The molecule has 10 heteroatoms. The van der Waals surface area contributed by atoms with E-state index in [1.165, 1.54) is 37.7 Å². The number of esters is 1. The van der Waals surface area contributed by atoms with E-state index in [0.29, 0.717) is 42.7 Å². The fourth-order valence-electron chi connectivity index (χ4n) is 15.0. The molecule has 0 bridgehead atoms. The quantitative estimate of drug-likeness (QED) is 0.135. The molecular weight excluding hydrogens is 713 g/mol. The maximum Gasteiger partial charge on any atom is 0.306 e. The van der Waals surface area contributed by atoms with Crippen molar-refractivity contribution in [2.24, 2.45) is 56.7 Å². The molecule has 55 heavy (non-hydrogen) atoms. The van der Waals surface area contributed by atoms with Crippen molar-refractivity contribution in [1.29, 1.82) is 0 Å². The minimum atomic E-state index is -2.98. The Morgan fingerprint density at radius 3 is 2.20 bits per heavy atom. The van der Waals surface area contributed by atoms with Crippen molar-refractivity contribution in [3.8, 4) is 0 Å². The van der Waals surface area contributed by atoms with Gasteiger partial charge in [0.25, 0.3) is 0 Å². The van der Waals surface area contributed by atoms with Gasteiger partial charge in [0.15, 0.2) is 9.84 Å². The minimum Gasteiger partial charge on any atom is -0.481 e. The molecule has 3 N–H and O–H groups in total. The Labute approximate surface area is 333 Å². The van der Waals surface area contributed by atoms with Gasteiger partial charge in [-0.15, -0.1) is 0 Å². The highest BCUT2D eigenvalue weighted by atomic mass is 32.2. The topological polar surface area (TPSA) is 133 Å². The lowest BCUT2D eigenvalue weighted by Crippen LogP contribution is -2.69. The van der Waals surface area contributed by atoms with Crippen molar-refractivity contribution < 1.29 is 33.0 Å². The van der Waals surface area contributed by atoms with Gasteiger partial charge >= 0.3 is 11.9 Å². The summed E-state index contributed by atoms with van der Waals surface area (Å²) in [6.07, 6.45) is 11.5. The van der Waals surface area contributed by atoms with Crippen molar-refractivity contribution in [2.45, 2.75) is 170 Å². The number of nitrogens with zero attached hydrogens (tertiary/aromatic N) is 1. The average Bonchev–Trinajstić information content (AvgIpc) is 3.44. The standard InChI is InChI=1S/C45H76N2O7S/c1-29(2)31-13-19-45(46-22-16-33(30(3)48)47-23-25-55(52,53)26-24-47)21-20-43(9)32(39(31)45)11-12-35-42(8)17-15-36(41(6,7)34(42)14-18-44(35,43)10)54-38(51)28-40(4,5)27-37(49)50/h30-36,39,46,48H,1,11-28H2,2-10H3,(H,49,50)/t30-,31+,32-,33-,34+,35-,36+,39-,42+,43-,44-,45+/m1/s1. The molecule has 5 aliphatic carbocycles. The van der Waals surface area contributed by atoms with Gasteiger partial charge in [0.05, 0.1) is 30.5 Å². The molecule has 6 fully saturated rings. The third kappa shape index (κ3) is 7.63. The highest BCUT2D eigenvalue weighted by molar-refractivity contribution is 7.91. The molecule has 12 atom stereocenters. The maximum absolute atomic E-state index is 13.3. The van der Waals surface area contributed by atoms with Gasteiger partial charge in [-0.1, -0.05) is 60.6 Å². The van der Waals surface area contributed by atoms with Crippen LogP contribution in [0.2, 0.25) is 0 Å². The molecule has 0 aromatic rings. The molecular formula is C45H76N2O7S. The number of aliphatic hydroxyl groups is 1. The lowest BCUT2D eigenvalue weighted by atomic mass is 9.32. The summed E-state index contributed by atoms with van der Waals surface area (Å²) in [6, 6.07) is -0.0537. The fourth-order valence-corrected chi connectivity index (χ4v) is 16.2. The van der Waals surface area contributed by atoms with E-state index >= 15 is 0 Å². The first-order chi connectivity index (χ1) is 25.4. The molecule has 0 amide bonds. The van der Waals surface area contributed by atoms with E-state index in [4.69, 9.17) is 4.74 Å². The Bertz CT molecular complexity index is 1580. The summed E-state index contributed by atoms with van der Waals surface area (Å²) < 4.78 is 30.6. The van der Waals surface area contributed by atoms with Crippen LogP contribution in [-0.2, 0) is 24.2 Å². The first-order valence-corrected chi connectivity index (χ1v) is 23.7. The van der Waals surface area contributed by atoms with Crippen LogP contribution >= 0.6 is 0 Å². The SMILES string of the molecule is C=C(C)[C@@H]1CC[C@]2(NCC[C@H]([C@@H](C)O)N3CCS(=O)(=O)CC3)CC[C@]3(C)[C@H](CC[C@@H]4[C@@]5(C)CC[C@H](OC(=O)CC(C)(C)CC(=O)O)C(C)(C)[C@@H]5CC[C@]43C)[C@@H]12. The highest BCUT2D eigenvalue weighted by Crippen LogP contribution is 2.76. The van der Waals surface area contributed by atoms with Crippen LogP contribution in [-0.4, -0.2) is 90.4 Å². The maximum atomic E-state index is 13.3. The molecule has 5 saturated carbocycles. The minimum absolute atomic E-state index is 0.0511.